The third-order valence-electron chi connectivity index (χ3n) is 15.1. The molecule has 0 N–H and O–H groups in total. The second-order valence-corrected chi connectivity index (χ2v) is 37.6. The minimum atomic E-state index is -2.57. The average Bonchev–Trinajstić information content (AvgIpc) is 3.27. The van der Waals surface area contributed by atoms with Crippen LogP contribution in [0.15, 0.2) is 104 Å². The third-order valence-corrected chi connectivity index (χ3v) is 28.5. The number of ether oxygens (including phenoxy) is 8. The van der Waals surface area contributed by atoms with Gasteiger partial charge in [-0.2, -0.15) is 0 Å². The Bertz CT molecular complexity index is 2000. The van der Waals surface area contributed by atoms with Crippen molar-refractivity contribution in [3.8, 4) is 0 Å². The minimum Gasteiger partial charge on any atom is -0.414 e. The Balaban J connectivity index is 1.49. The summed E-state index contributed by atoms with van der Waals surface area (Å²) in [6, 6.07) is 30.3. The summed E-state index contributed by atoms with van der Waals surface area (Å²) in [5, 5.41) is -0.394. The van der Waals surface area contributed by atoms with E-state index in [1.807, 2.05) is 66.7 Å². The van der Waals surface area contributed by atoms with Crippen molar-refractivity contribution in [3.63, 3.8) is 0 Å². The van der Waals surface area contributed by atoms with Crippen LogP contribution in [-0.4, -0.2) is 106 Å². The van der Waals surface area contributed by atoms with Gasteiger partial charge in [0.2, 0.25) is 0 Å². The predicted octanol–water partition coefficient (Wildman–Crippen LogP) is 12.1. The van der Waals surface area contributed by atoms with Gasteiger partial charge >= 0.3 is 0 Å². The molecule has 68 heavy (non-hydrogen) atoms. The van der Waals surface area contributed by atoms with Crippen molar-refractivity contribution >= 4 is 25.0 Å². The number of hydrogen-bond donors (Lipinski definition) is 0. The molecule has 0 radical (unpaired) electrons. The van der Waals surface area contributed by atoms with Crippen molar-refractivity contribution in [2.75, 3.05) is 19.8 Å². The normalized spacial score (nSPS) is 28.8. The summed E-state index contributed by atoms with van der Waals surface area (Å²) in [7, 11) is -7.46. The van der Waals surface area contributed by atoms with E-state index < -0.39 is 92.7 Å². The molecular weight excluding hydrogens is 909 g/mol. The molecule has 0 amide bonds. The predicted molar refractivity (Wildman–Crippen MR) is 276 cm³/mol. The molecule has 3 aromatic carbocycles. The molecule has 0 saturated carbocycles. The molecule has 11 nitrogen and oxygen atoms in total. The lowest BCUT2D eigenvalue weighted by Gasteiger charge is -2.54. The van der Waals surface area contributed by atoms with Crippen LogP contribution in [0, 0.1) is 0 Å². The van der Waals surface area contributed by atoms with E-state index >= 15 is 0 Å². The average molecular weight is 994 g/mol. The lowest BCUT2D eigenvalue weighted by Crippen LogP contribution is -2.69. The van der Waals surface area contributed by atoms with Crippen LogP contribution in [0.3, 0.4) is 0 Å². The molecule has 3 aliphatic rings. The molecular formula is C54H84O11Si3. The fraction of sp³-hybridized carbons (Fsp3) is 0.630. The van der Waals surface area contributed by atoms with Gasteiger partial charge in [0.15, 0.2) is 43.8 Å². The minimum absolute atomic E-state index is 0.0731. The topological polar surface area (TPSA) is 102 Å². The largest absolute Gasteiger partial charge is 0.414 e. The highest BCUT2D eigenvalue weighted by atomic mass is 28.4. The third kappa shape index (κ3) is 13.6. The summed E-state index contributed by atoms with van der Waals surface area (Å²) < 4.78 is 78.3. The monoisotopic (exact) mass is 993 g/mol. The first kappa shape index (κ1) is 54.9. The van der Waals surface area contributed by atoms with Gasteiger partial charge in [0, 0.05) is 5.56 Å². The highest BCUT2D eigenvalue weighted by Gasteiger charge is 2.58. The Labute approximate surface area is 412 Å². The fourth-order valence-electron chi connectivity index (χ4n) is 7.77. The number of fused-ring (bicyclic) bond motifs is 1. The van der Waals surface area contributed by atoms with Gasteiger partial charge < -0.3 is 51.2 Å². The summed E-state index contributed by atoms with van der Waals surface area (Å²) in [6.45, 7) is 38.9. The van der Waals surface area contributed by atoms with E-state index in [4.69, 9.17) is 51.2 Å². The zero-order chi connectivity index (χ0) is 49.7. The number of rotatable bonds is 19. The van der Waals surface area contributed by atoms with Crippen LogP contribution in [0.2, 0.25) is 54.4 Å². The zero-order valence-corrected chi connectivity index (χ0v) is 46.8. The van der Waals surface area contributed by atoms with Crippen LogP contribution in [-0.2, 0) is 64.4 Å². The van der Waals surface area contributed by atoms with Crippen LogP contribution in [0.4, 0.5) is 0 Å². The molecule has 378 valence electrons. The van der Waals surface area contributed by atoms with Gasteiger partial charge in [-0.3, -0.25) is 0 Å². The summed E-state index contributed by atoms with van der Waals surface area (Å²) >= 11 is 0. The van der Waals surface area contributed by atoms with Gasteiger partial charge in [-0.05, 0) is 65.5 Å². The molecule has 1 unspecified atom stereocenters. The van der Waals surface area contributed by atoms with E-state index in [2.05, 4.69) is 132 Å². The summed E-state index contributed by atoms with van der Waals surface area (Å²) in [6.07, 6.45) is -6.11. The van der Waals surface area contributed by atoms with Gasteiger partial charge in [-0.15, -0.1) is 6.58 Å². The Hall–Kier alpha value is -2.39. The first-order valence-electron chi connectivity index (χ1n) is 24.6. The molecule has 0 aliphatic carbocycles. The smallest absolute Gasteiger partial charge is 0.192 e. The molecule has 0 aromatic heterocycles. The summed E-state index contributed by atoms with van der Waals surface area (Å²) in [4.78, 5) is 0. The maximum absolute atomic E-state index is 7.60. The maximum Gasteiger partial charge on any atom is 0.192 e. The first-order valence-corrected chi connectivity index (χ1v) is 33.4. The SMILES string of the molecule is C=CCO[C@H]1[C@H]2OC(c3ccccc3)OC[C@H]2O[C@@H](O[C@H]2[C@H](OCc3ccccc3)[C@@H](O[Si](C)(C)C(C)(C)C)[C@H](OCc3ccccc3)O[C@@H]2CO[Si](C)(C)C(C)(C)C)[C@@H]1O[Si](C)(C)C(C)(C)C. The van der Waals surface area contributed by atoms with E-state index in [9.17, 15) is 0 Å². The van der Waals surface area contributed by atoms with Crippen molar-refractivity contribution in [2.45, 2.75) is 198 Å². The van der Waals surface area contributed by atoms with Gasteiger partial charge in [-0.1, -0.05) is 159 Å². The molecule has 6 rings (SSSR count). The number of benzene rings is 3. The van der Waals surface area contributed by atoms with Crippen LogP contribution < -0.4 is 0 Å². The van der Waals surface area contributed by atoms with E-state index in [1.54, 1.807) is 6.08 Å². The van der Waals surface area contributed by atoms with Crippen molar-refractivity contribution in [1.82, 2.24) is 0 Å². The molecule has 11 atom stereocenters. The summed E-state index contributed by atoms with van der Waals surface area (Å²) in [5.41, 5.74) is 2.94. The Morgan fingerprint density at radius 1 is 0.559 bits per heavy atom. The standard InChI is InChI=1S/C54H84O11Si3/c1-17-33-55-45-43-41(36-58-49(62-43)40-31-25-20-26-32-40)61-51(48(45)65-68(15,16)54(8,9)10)63-44-42(37-59-66(11,12)52(2,3)4)60-50(57-35-39-29-23-19-24-30-39)47(64-67(13,14)53(5,6)7)46(44)56-34-38-27-21-18-22-28-38/h17-32,41-51H,1,33-37H2,2-16H3/t41-,42-,43+,44-,45+,46+,47-,48-,49?,50-,51+/m1/s1. The number of hydrogen-bond acceptors (Lipinski definition) is 11. The van der Waals surface area contributed by atoms with E-state index in [0.717, 1.165) is 16.7 Å². The van der Waals surface area contributed by atoms with Crippen LogP contribution in [0.25, 0.3) is 0 Å². The zero-order valence-electron chi connectivity index (χ0n) is 43.8. The van der Waals surface area contributed by atoms with Crippen molar-refractivity contribution < 1.29 is 51.2 Å². The Kier molecular flexibility index (Phi) is 18.2. The van der Waals surface area contributed by atoms with Gasteiger partial charge in [0.25, 0.3) is 0 Å². The molecule has 0 bridgehead atoms. The molecule has 3 saturated heterocycles. The second kappa shape index (κ2) is 22.6. The van der Waals surface area contributed by atoms with Gasteiger partial charge in [0.1, 0.15) is 48.8 Å². The lowest BCUT2D eigenvalue weighted by atomic mass is 9.95. The Morgan fingerprint density at radius 3 is 1.57 bits per heavy atom. The highest BCUT2D eigenvalue weighted by Crippen LogP contribution is 2.46. The van der Waals surface area contributed by atoms with Gasteiger partial charge in [0.05, 0.1) is 33.0 Å². The Morgan fingerprint density at radius 2 is 1.06 bits per heavy atom. The summed E-state index contributed by atoms with van der Waals surface area (Å²) in [5.74, 6) is 0. The molecule has 3 aliphatic heterocycles. The molecule has 3 aromatic rings. The second-order valence-electron chi connectivity index (χ2n) is 23.3. The molecule has 0 spiro atoms. The van der Waals surface area contributed by atoms with Crippen molar-refractivity contribution in [1.29, 1.82) is 0 Å². The maximum atomic E-state index is 7.60. The van der Waals surface area contributed by atoms with Crippen molar-refractivity contribution in [3.05, 3.63) is 120 Å². The molecule has 3 heterocycles. The highest BCUT2D eigenvalue weighted by molar-refractivity contribution is 6.75. The molecule has 14 heteroatoms. The van der Waals surface area contributed by atoms with E-state index in [0.29, 0.717) is 6.61 Å². The van der Waals surface area contributed by atoms with Crippen molar-refractivity contribution in [2.24, 2.45) is 0 Å². The quantitative estimate of drug-likeness (QED) is 0.0847. The fourth-order valence-corrected chi connectivity index (χ4v) is 11.3. The van der Waals surface area contributed by atoms with E-state index in [1.165, 1.54) is 0 Å². The molecule has 3 fully saturated rings. The van der Waals surface area contributed by atoms with Crippen LogP contribution in [0.1, 0.15) is 85.3 Å². The lowest BCUT2D eigenvalue weighted by molar-refractivity contribution is -0.388. The van der Waals surface area contributed by atoms with Gasteiger partial charge in [-0.25, -0.2) is 0 Å². The van der Waals surface area contributed by atoms with Crippen LogP contribution >= 0.6 is 0 Å². The van der Waals surface area contributed by atoms with Crippen LogP contribution in [0.5, 0.6) is 0 Å². The first-order chi connectivity index (χ1) is 31.8. The van der Waals surface area contributed by atoms with E-state index in [-0.39, 0.29) is 41.5 Å².